The fourth-order valence-corrected chi connectivity index (χ4v) is 3.25. The fourth-order valence-electron chi connectivity index (χ4n) is 3.25. The summed E-state index contributed by atoms with van der Waals surface area (Å²) in [6, 6.07) is 21.9. The predicted molar refractivity (Wildman–Crippen MR) is 87.9 cm³/mol. The molecule has 0 fully saturated rings. The first-order valence-electron chi connectivity index (χ1n) is 7.86. The lowest BCUT2D eigenvalue weighted by Gasteiger charge is -2.33. The van der Waals surface area contributed by atoms with Crippen molar-refractivity contribution < 1.29 is 0 Å². The Labute approximate surface area is 123 Å². The van der Waals surface area contributed by atoms with E-state index in [1.165, 1.54) is 43.2 Å². The molecule has 0 radical (unpaired) electrons. The normalized spacial score (nSPS) is 11.5. The molecule has 0 N–H and O–H groups in total. The maximum Gasteiger partial charge on any atom is -0.0219 e. The molecule has 0 nitrogen and oxygen atoms in total. The van der Waals surface area contributed by atoms with Gasteiger partial charge in [-0.1, -0.05) is 80.9 Å². The second-order valence-electron chi connectivity index (χ2n) is 5.93. The Balaban J connectivity index is 2.20. The van der Waals surface area contributed by atoms with E-state index >= 15 is 0 Å². The van der Waals surface area contributed by atoms with Crippen LogP contribution in [0.1, 0.15) is 44.2 Å². The molecule has 0 aliphatic rings. The van der Waals surface area contributed by atoms with Crippen molar-refractivity contribution >= 4 is 0 Å². The van der Waals surface area contributed by atoms with Crippen LogP contribution in [0.4, 0.5) is 0 Å². The van der Waals surface area contributed by atoms with Crippen molar-refractivity contribution in [3.63, 3.8) is 0 Å². The lowest BCUT2D eigenvalue weighted by molar-refractivity contribution is 0.243. The van der Waals surface area contributed by atoms with Gasteiger partial charge < -0.3 is 0 Å². The van der Waals surface area contributed by atoms with Crippen LogP contribution in [0.15, 0.2) is 60.7 Å². The molecule has 0 bridgehead atoms. The molecule has 0 aliphatic carbocycles. The van der Waals surface area contributed by atoms with Crippen LogP contribution >= 0.6 is 0 Å². The third-order valence-electron chi connectivity index (χ3n) is 4.37. The molecule has 0 unspecified atom stereocenters. The topological polar surface area (TPSA) is 0 Å². The van der Waals surface area contributed by atoms with E-state index < -0.39 is 0 Å². The molecule has 20 heavy (non-hydrogen) atoms. The Morgan fingerprint density at radius 2 is 1.15 bits per heavy atom. The van der Waals surface area contributed by atoms with Gasteiger partial charge in [0.2, 0.25) is 0 Å². The molecule has 0 aromatic heterocycles. The smallest absolute Gasteiger partial charge is 0.0219 e. The molecule has 0 saturated carbocycles. The lowest BCUT2D eigenvalue weighted by atomic mass is 9.71. The van der Waals surface area contributed by atoms with Crippen LogP contribution in [0.25, 0.3) is 0 Å². The SMILES string of the molecule is CCCC(CC)(Cc1ccccc1)Cc1ccccc1. The summed E-state index contributed by atoms with van der Waals surface area (Å²) in [5.74, 6) is 0. The van der Waals surface area contributed by atoms with Crippen LogP contribution in [0.5, 0.6) is 0 Å². The molecule has 0 aliphatic heterocycles. The fraction of sp³-hybridized carbons (Fsp3) is 0.400. The Morgan fingerprint density at radius 3 is 1.50 bits per heavy atom. The molecular weight excluding hydrogens is 240 g/mol. The lowest BCUT2D eigenvalue weighted by Crippen LogP contribution is -2.26. The highest BCUT2D eigenvalue weighted by Crippen LogP contribution is 2.36. The Kier molecular flexibility index (Phi) is 5.40. The molecule has 2 aromatic rings. The van der Waals surface area contributed by atoms with E-state index in [9.17, 15) is 0 Å². The van der Waals surface area contributed by atoms with Crippen LogP contribution in [0, 0.1) is 5.41 Å². The second kappa shape index (κ2) is 7.28. The molecule has 2 aromatic carbocycles. The minimum absolute atomic E-state index is 0.400. The average Bonchev–Trinajstić information content (AvgIpc) is 2.49. The third kappa shape index (κ3) is 3.96. The summed E-state index contributed by atoms with van der Waals surface area (Å²) in [7, 11) is 0. The van der Waals surface area contributed by atoms with Gasteiger partial charge in [-0.2, -0.15) is 0 Å². The molecule has 0 atom stereocenters. The van der Waals surface area contributed by atoms with Crippen molar-refractivity contribution in [3.05, 3.63) is 71.8 Å². The quantitative estimate of drug-likeness (QED) is 0.606. The van der Waals surface area contributed by atoms with Gasteiger partial charge in [-0.05, 0) is 42.2 Å². The van der Waals surface area contributed by atoms with Crippen molar-refractivity contribution in [1.82, 2.24) is 0 Å². The molecule has 0 heterocycles. The maximum atomic E-state index is 2.35. The minimum Gasteiger partial charge on any atom is -0.0654 e. The first-order chi connectivity index (χ1) is 9.78. The molecule has 2 rings (SSSR count). The van der Waals surface area contributed by atoms with E-state index in [1.54, 1.807) is 0 Å². The van der Waals surface area contributed by atoms with E-state index in [1.807, 2.05) is 0 Å². The van der Waals surface area contributed by atoms with Crippen LogP contribution in [0.2, 0.25) is 0 Å². The highest BCUT2D eigenvalue weighted by atomic mass is 14.3. The number of rotatable bonds is 7. The van der Waals surface area contributed by atoms with Crippen molar-refractivity contribution in [2.75, 3.05) is 0 Å². The standard InChI is InChI=1S/C20H26/c1-3-15-20(4-2,16-18-11-7-5-8-12-18)17-19-13-9-6-10-14-19/h5-14H,3-4,15-17H2,1-2H3. The van der Waals surface area contributed by atoms with Gasteiger partial charge in [0.25, 0.3) is 0 Å². The van der Waals surface area contributed by atoms with E-state index in [4.69, 9.17) is 0 Å². The van der Waals surface area contributed by atoms with Gasteiger partial charge in [-0.25, -0.2) is 0 Å². The summed E-state index contributed by atoms with van der Waals surface area (Å²) < 4.78 is 0. The zero-order valence-electron chi connectivity index (χ0n) is 12.8. The largest absolute Gasteiger partial charge is 0.0654 e. The maximum absolute atomic E-state index is 2.35. The average molecular weight is 266 g/mol. The van der Waals surface area contributed by atoms with Gasteiger partial charge in [0, 0.05) is 0 Å². The van der Waals surface area contributed by atoms with Crippen molar-refractivity contribution in [2.45, 2.75) is 46.0 Å². The van der Waals surface area contributed by atoms with E-state index in [-0.39, 0.29) is 0 Å². The molecule has 0 amide bonds. The van der Waals surface area contributed by atoms with Crippen molar-refractivity contribution in [2.24, 2.45) is 5.41 Å². The van der Waals surface area contributed by atoms with Crippen LogP contribution in [0.3, 0.4) is 0 Å². The van der Waals surface area contributed by atoms with Gasteiger partial charge in [0.05, 0.1) is 0 Å². The van der Waals surface area contributed by atoms with Crippen molar-refractivity contribution in [3.8, 4) is 0 Å². The molecule has 0 heteroatoms. The second-order valence-corrected chi connectivity index (χ2v) is 5.93. The molecule has 0 saturated heterocycles. The van der Waals surface area contributed by atoms with Gasteiger partial charge in [-0.3, -0.25) is 0 Å². The third-order valence-corrected chi connectivity index (χ3v) is 4.37. The first kappa shape index (κ1) is 14.8. The predicted octanol–water partition coefficient (Wildman–Crippen LogP) is 5.67. The highest BCUT2D eigenvalue weighted by molar-refractivity contribution is 5.20. The number of hydrogen-bond acceptors (Lipinski definition) is 0. The summed E-state index contributed by atoms with van der Waals surface area (Å²) in [5.41, 5.74) is 3.34. The zero-order valence-corrected chi connectivity index (χ0v) is 12.8. The molecular formula is C20H26. The van der Waals surface area contributed by atoms with Crippen LogP contribution in [-0.4, -0.2) is 0 Å². The molecule has 0 spiro atoms. The summed E-state index contributed by atoms with van der Waals surface area (Å²) >= 11 is 0. The minimum atomic E-state index is 0.400. The van der Waals surface area contributed by atoms with Gasteiger partial charge in [0.1, 0.15) is 0 Å². The van der Waals surface area contributed by atoms with E-state index in [0.717, 1.165) is 0 Å². The van der Waals surface area contributed by atoms with Gasteiger partial charge >= 0.3 is 0 Å². The summed E-state index contributed by atoms with van der Waals surface area (Å²) in [5, 5.41) is 0. The summed E-state index contributed by atoms with van der Waals surface area (Å²) in [4.78, 5) is 0. The highest BCUT2D eigenvalue weighted by Gasteiger charge is 2.27. The van der Waals surface area contributed by atoms with Crippen LogP contribution in [-0.2, 0) is 12.8 Å². The number of hydrogen-bond donors (Lipinski definition) is 0. The van der Waals surface area contributed by atoms with Crippen molar-refractivity contribution in [1.29, 1.82) is 0 Å². The summed E-state index contributed by atoms with van der Waals surface area (Å²) in [6.45, 7) is 4.65. The Bertz CT molecular complexity index is 442. The number of benzene rings is 2. The Morgan fingerprint density at radius 1 is 0.700 bits per heavy atom. The van der Waals surface area contributed by atoms with E-state index in [2.05, 4.69) is 74.5 Å². The zero-order chi connectivity index (χ0) is 14.3. The monoisotopic (exact) mass is 266 g/mol. The first-order valence-corrected chi connectivity index (χ1v) is 7.86. The summed E-state index contributed by atoms with van der Waals surface area (Å²) in [6.07, 6.45) is 6.17. The van der Waals surface area contributed by atoms with E-state index in [0.29, 0.717) is 5.41 Å². The van der Waals surface area contributed by atoms with Crippen LogP contribution < -0.4 is 0 Å². The van der Waals surface area contributed by atoms with Gasteiger partial charge in [0.15, 0.2) is 0 Å². The Hall–Kier alpha value is -1.56. The van der Waals surface area contributed by atoms with Gasteiger partial charge in [-0.15, -0.1) is 0 Å². The molecule has 106 valence electrons.